The van der Waals surface area contributed by atoms with Crippen molar-refractivity contribution in [2.45, 2.75) is 20.1 Å². The molecule has 5 nitrogen and oxygen atoms in total. The molecule has 34 heavy (non-hydrogen) atoms. The monoisotopic (exact) mass is 453 g/mol. The van der Waals surface area contributed by atoms with Gasteiger partial charge in [0.2, 0.25) is 0 Å². The van der Waals surface area contributed by atoms with Gasteiger partial charge in [-0.05, 0) is 66.6 Å². The van der Waals surface area contributed by atoms with E-state index in [4.69, 9.17) is 14.2 Å². The van der Waals surface area contributed by atoms with E-state index in [0.29, 0.717) is 30.2 Å². The summed E-state index contributed by atoms with van der Waals surface area (Å²) >= 11 is 0. The summed E-state index contributed by atoms with van der Waals surface area (Å²) in [6.07, 6.45) is 0. The molecular weight excluding hydrogens is 426 g/mol. The Morgan fingerprint density at radius 1 is 0.765 bits per heavy atom. The third kappa shape index (κ3) is 5.95. The average Bonchev–Trinajstić information content (AvgIpc) is 2.88. The van der Waals surface area contributed by atoms with Gasteiger partial charge in [0.1, 0.15) is 30.5 Å². The van der Waals surface area contributed by atoms with Gasteiger partial charge in [-0.25, -0.2) is 0 Å². The van der Waals surface area contributed by atoms with Crippen molar-refractivity contribution >= 4 is 11.6 Å². The van der Waals surface area contributed by atoms with Gasteiger partial charge in [-0.1, -0.05) is 48.5 Å². The van der Waals surface area contributed by atoms with Gasteiger partial charge in [0.25, 0.3) is 5.91 Å². The summed E-state index contributed by atoms with van der Waals surface area (Å²) in [4.78, 5) is 12.9. The number of ether oxygens (including phenoxy) is 3. The van der Waals surface area contributed by atoms with Crippen LogP contribution >= 0.6 is 0 Å². The fourth-order valence-corrected chi connectivity index (χ4v) is 3.49. The van der Waals surface area contributed by atoms with Gasteiger partial charge in [0, 0.05) is 16.8 Å². The number of benzene rings is 4. The lowest BCUT2D eigenvalue weighted by atomic mass is 10.1. The number of rotatable bonds is 9. The minimum Gasteiger partial charge on any atom is -0.496 e. The van der Waals surface area contributed by atoms with Gasteiger partial charge < -0.3 is 19.5 Å². The van der Waals surface area contributed by atoms with Crippen LogP contribution < -0.4 is 19.5 Å². The number of anilines is 1. The lowest BCUT2D eigenvalue weighted by molar-refractivity contribution is 0.102. The predicted octanol–water partition coefficient (Wildman–Crippen LogP) is 6.41. The minimum atomic E-state index is -0.210. The highest BCUT2D eigenvalue weighted by atomic mass is 16.5. The number of amides is 1. The second kappa shape index (κ2) is 11.1. The minimum absolute atomic E-state index is 0.210. The standard InChI is InChI=1S/C29H27NO4/c1-21-8-6-7-11-27(21)34-20-24-18-23(12-17-28(24)32-2)29(31)30-25-13-15-26(16-14-25)33-19-22-9-4-3-5-10-22/h3-18H,19-20H2,1-2H3,(H,30,31). The van der Waals surface area contributed by atoms with Crippen LogP contribution in [0.5, 0.6) is 17.2 Å². The van der Waals surface area contributed by atoms with E-state index < -0.39 is 0 Å². The van der Waals surface area contributed by atoms with Gasteiger partial charge in [-0.15, -0.1) is 0 Å². The van der Waals surface area contributed by atoms with Crippen LogP contribution in [0.25, 0.3) is 0 Å². The maximum atomic E-state index is 12.9. The second-order valence-electron chi connectivity index (χ2n) is 7.83. The third-order valence-electron chi connectivity index (χ3n) is 5.38. The Labute approximate surface area is 199 Å². The fraction of sp³-hybridized carbons (Fsp3) is 0.138. The van der Waals surface area contributed by atoms with Crippen LogP contribution in [0, 0.1) is 6.92 Å². The van der Waals surface area contributed by atoms with Gasteiger partial charge in [0.15, 0.2) is 0 Å². The first-order valence-electron chi connectivity index (χ1n) is 11.1. The predicted molar refractivity (Wildman–Crippen MR) is 134 cm³/mol. The zero-order chi connectivity index (χ0) is 23.8. The van der Waals surface area contributed by atoms with E-state index in [1.165, 1.54) is 0 Å². The number of para-hydroxylation sites is 1. The van der Waals surface area contributed by atoms with Crippen molar-refractivity contribution in [3.63, 3.8) is 0 Å². The molecule has 0 atom stereocenters. The van der Waals surface area contributed by atoms with E-state index in [9.17, 15) is 4.79 Å². The molecule has 1 N–H and O–H groups in total. The summed E-state index contributed by atoms with van der Waals surface area (Å²) in [6.45, 7) is 2.78. The summed E-state index contributed by atoms with van der Waals surface area (Å²) in [7, 11) is 1.60. The summed E-state index contributed by atoms with van der Waals surface area (Å²) < 4.78 is 17.2. The Hall–Kier alpha value is -4.25. The Morgan fingerprint density at radius 3 is 2.24 bits per heavy atom. The smallest absolute Gasteiger partial charge is 0.255 e. The second-order valence-corrected chi connectivity index (χ2v) is 7.83. The summed E-state index contributed by atoms with van der Waals surface area (Å²) in [5.74, 6) is 2.00. The summed E-state index contributed by atoms with van der Waals surface area (Å²) in [6, 6.07) is 30.4. The van der Waals surface area contributed by atoms with Gasteiger partial charge in [0.05, 0.1) is 7.11 Å². The van der Waals surface area contributed by atoms with Crippen LogP contribution in [-0.2, 0) is 13.2 Å². The first-order valence-corrected chi connectivity index (χ1v) is 11.1. The molecule has 0 fully saturated rings. The first-order chi connectivity index (χ1) is 16.6. The average molecular weight is 454 g/mol. The van der Waals surface area contributed by atoms with E-state index >= 15 is 0 Å². The fourth-order valence-electron chi connectivity index (χ4n) is 3.49. The molecule has 0 heterocycles. The summed E-state index contributed by atoms with van der Waals surface area (Å²) in [5.41, 5.74) is 4.15. The largest absolute Gasteiger partial charge is 0.496 e. The number of nitrogens with one attached hydrogen (secondary N) is 1. The normalized spacial score (nSPS) is 10.4. The molecular formula is C29H27NO4. The van der Waals surface area contributed by atoms with Crippen molar-refractivity contribution in [2.75, 3.05) is 12.4 Å². The molecule has 0 aliphatic heterocycles. The molecule has 0 saturated carbocycles. The van der Waals surface area contributed by atoms with E-state index in [-0.39, 0.29) is 5.91 Å². The molecule has 4 rings (SSSR count). The highest BCUT2D eigenvalue weighted by Gasteiger charge is 2.12. The van der Waals surface area contributed by atoms with Crippen LogP contribution in [0.4, 0.5) is 5.69 Å². The number of methoxy groups -OCH3 is 1. The van der Waals surface area contributed by atoms with Gasteiger partial charge >= 0.3 is 0 Å². The molecule has 0 radical (unpaired) electrons. The van der Waals surface area contributed by atoms with E-state index in [1.54, 1.807) is 25.3 Å². The lowest BCUT2D eigenvalue weighted by Gasteiger charge is -2.13. The molecule has 0 aliphatic rings. The molecule has 0 unspecified atom stereocenters. The maximum Gasteiger partial charge on any atom is 0.255 e. The van der Waals surface area contributed by atoms with Crippen LogP contribution in [0.3, 0.4) is 0 Å². The SMILES string of the molecule is COc1ccc(C(=O)Nc2ccc(OCc3ccccc3)cc2)cc1COc1ccccc1C. The number of carbonyl (C=O) groups excluding carboxylic acids is 1. The van der Waals surface area contributed by atoms with Gasteiger partial charge in [-0.3, -0.25) is 4.79 Å². The molecule has 172 valence electrons. The number of hydrogen-bond donors (Lipinski definition) is 1. The molecule has 0 spiro atoms. The summed E-state index contributed by atoms with van der Waals surface area (Å²) in [5, 5.41) is 2.93. The van der Waals surface area contributed by atoms with E-state index in [0.717, 1.165) is 28.2 Å². The Morgan fingerprint density at radius 2 is 1.50 bits per heavy atom. The van der Waals surface area contributed by atoms with Crippen molar-refractivity contribution in [3.05, 3.63) is 119 Å². The van der Waals surface area contributed by atoms with Crippen LogP contribution in [0.2, 0.25) is 0 Å². The zero-order valence-corrected chi connectivity index (χ0v) is 19.3. The highest BCUT2D eigenvalue weighted by Crippen LogP contribution is 2.25. The first kappa shape index (κ1) is 22.9. The van der Waals surface area contributed by atoms with Crippen molar-refractivity contribution in [1.29, 1.82) is 0 Å². The van der Waals surface area contributed by atoms with Crippen molar-refractivity contribution in [3.8, 4) is 17.2 Å². The molecule has 0 bridgehead atoms. The maximum absolute atomic E-state index is 12.9. The van der Waals surface area contributed by atoms with Crippen LogP contribution in [0.15, 0.2) is 97.1 Å². The van der Waals surface area contributed by atoms with Crippen molar-refractivity contribution in [1.82, 2.24) is 0 Å². The van der Waals surface area contributed by atoms with Crippen LogP contribution in [-0.4, -0.2) is 13.0 Å². The van der Waals surface area contributed by atoms with Crippen molar-refractivity contribution < 1.29 is 19.0 Å². The molecule has 0 aromatic heterocycles. The van der Waals surface area contributed by atoms with E-state index in [2.05, 4.69) is 5.32 Å². The molecule has 5 heteroatoms. The molecule has 0 saturated heterocycles. The number of hydrogen-bond acceptors (Lipinski definition) is 4. The van der Waals surface area contributed by atoms with E-state index in [1.807, 2.05) is 85.8 Å². The van der Waals surface area contributed by atoms with Crippen molar-refractivity contribution in [2.24, 2.45) is 0 Å². The topological polar surface area (TPSA) is 56.8 Å². The quantitative estimate of drug-likeness (QED) is 0.318. The highest BCUT2D eigenvalue weighted by molar-refractivity contribution is 6.04. The molecule has 4 aromatic rings. The Balaban J connectivity index is 1.39. The van der Waals surface area contributed by atoms with Crippen LogP contribution in [0.1, 0.15) is 27.0 Å². The Kier molecular flexibility index (Phi) is 7.45. The van der Waals surface area contributed by atoms with Gasteiger partial charge in [-0.2, -0.15) is 0 Å². The molecule has 0 aliphatic carbocycles. The lowest BCUT2D eigenvalue weighted by Crippen LogP contribution is -2.13. The molecule has 1 amide bonds. The number of aryl methyl sites for hydroxylation is 1. The Bertz CT molecular complexity index is 1240. The zero-order valence-electron chi connectivity index (χ0n) is 19.3. The number of carbonyl (C=O) groups is 1. The third-order valence-corrected chi connectivity index (χ3v) is 5.38. The molecule has 4 aromatic carbocycles.